The van der Waals surface area contributed by atoms with E-state index in [1.54, 1.807) is 23.1 Å². The zero-order valence-electron chi connectivity index (χ0n) is 31.4. The molecule has 0 unspecified atom stereocenters. The number of esters is 2. The molecule has 1 aliphatic rings. The van der Waals surface area contributed by atoms with Crippen molar-refractivity contribution in [3.8, 4) is 11.5 Å². The zero-order valence-corrected chi connectivity index (χ0v) is 33.1. The first-order valence-electron chi connectivity index (χ1n) is 18.0. The molecule has 0 amide bonds. The van der Waals surface area contributed by atoms with E-state index in [0.717, 1.165) is 21.4 Å². The second-order valence-electron chi connectivity index (χ2n) is 15.1. The van der Waals surface area contributed by atoms with Crippen molar-refractivity contribution in [2.45, 2.75) is 88.0 Å². The Labute approximate surface area is 319 Å². The van der Waals surface area contributed by atoms with Gasteiger partial charge < -0.3 is 14.5 Å². The largest absolute Gasteiger partial charge is 0.462 e. The van der Waals surface area contributed by atoms with Crippen LogP contribution in [0, 0.1) is 11.2 Å². The van der Waals surface area contributed by atoms with Crippen molar-refractivity contribution < 1.29 is 31.9 Å². The maximum Gasteiger partial charge on any atom is 0.303 e. The van der Waals surface area contributed by atoms with Gasteiger partial charge in [0.15, 0.2) is 21.5 Å². The van der Waals surface area contributed by atoms with E-state index in [-0.39, 0.29) is 24.5 Å². The van der Waals surface area contributed by atoms with Gasteiger partial charge in [0, 0.05) is 55.5 Å². The Morgan fingerprint density at radius 1 is 1.07 bits per heavy atom. The lowest BCUT2D eigenvalue weighted by molar-refractivity contribution is -0.156. The maximum absolute atomic E-state index is 15.8. The Morgan fingerprint density at radius 2 is 1.87 bits per heavy atom. The van der Waals surface area contributed by atoms with Crippen LogP contribution in [0.25, 0.3) is 22.4 Å². The van der Waals surface area contributed by atoms with Crippen LogP contribution >= 0.6 is 11.8 Å². The number of benzene rings is 2. The minimum Gasteiger partial charge on any atom is -0.462 e. The Balaban J connectivity index is 1.43. The monoisotopic (exact) mass is 775 g/mol. The molecule has 1 N–H and O–H groups in total. The van der Waals surface area contributed by atoms with E-state index in [4.69, 9.17) is 19.6 Å². The molecule has 0 spiro atoms. The lowest BCUT2D eigenvalue weighted by Gasteiger charge is -2.31. The van der Waals surface area contributed by atoms with Gasteiger partial charge >= 0.3 is 11.9 Å². The Bertz CT molecular complexity index is 2300. The molecule has 2 atom stereocenters. The van der Waals surface area contributed by atoms with Crippen molar-refractivity contribution in [2.24, 2.45) is 12.5 Å². The van der Waals surface area contributed by atoms with Crippen LogP contribution in [0.4, 0.5) is 4.39 Å². The quantitative estimate of drug-likeness (QED) is 0.176. The highest BCUT2D eigenvalue weighted by molar-refractivity contribution is 7.99. The van der Waals surface area contributed by atoms with Crippen LogP contribution in [0.3, 0.4) is 0 Å². The fourth-order valence-electron chi connectivity index (χ4n) is 7.33. The molecular weight excluding hydrogens is 730 g/mol. The van der Waals surface area contributed by atoms with Crippen LogP contribution in [-0.2, 0) is 54.2 Å². The van der Waals surface area contributed by atoms with Crippen molar-refractivity contribution in [3.05, 3.63) is 89.3 Å². The second kappa shape index (κ2) is 15.7. The average molecular weight is 776 g/mol. The lowest BCUT2D eigenvalue weighted by Crippen LogP contribution is -2.29. The highest BCUT2D eigenvalue weighted by atomic mass is 32.2. The first-order valence-corrected chi connectivity index (χ1v) is 20.6. The summed E-state index contributed by atoms with van der Waals surface area (Å²) in [4.78, 5) is 37.3. The summed E-state index contributed by atoms with van der Waals surface area (Å²) in [7, 11) is -1.72. The summed E-state index contributed by atoms with van der Waals surface area (Å²) in [6.07, 6.45) is 5.10. The summed E-state index contributed by atoms with van der Waals surface area (Å²) in [6.45, 7) is 8.58. The number of carbonyl (C=O) groups excluding carboxylic acids is 2. The van der Waals surface area contributed by atoms with Gasteiger partial charge in [0.1, 0.15) is 24.2 Å². The molecule has 4 bridgehead atoms. The number of H-pyrrole nitrogens is 1. The Kier molecular flexibility index (Phi) is 11.4. The van der Waals surface area contributed by atoms with Gasteiger partial charge in [-0.1, -0.05) is 56.3 Å². The molecule has 5 aromatic rings. The number of halogens is 1. The highest BCUT2D eigenvalue weighted by Gasteiger charge is 2.36. The number of hydrogen-bond donors (Lipinski definition) is 1. The van der Waals surface area contributed by atoms with Crippen LogP contribution in [-0.4, -0.2) is 69.3 Å². The van der Waals surface area contributed by atoms with E-state index >= 15 is 4.39 Å². The SMILES string of the molecule is CC(=O)OC[C@H](Cc1cccc([C@@]2(C)CCCC(C)(C)CS(=O)(=O)CCc3c(c(F)cc4[nH]ccc34)Sc3ccnc(c3)-c3nc2nn3C)c1)OC(C)=O. The van der Waals surface area contributed by atoms with Gasteiger partial charge in [-0.15, -0.1) is 0 Å². The minimum atomic E-state index is -3.53. The molecule has 0 fully saturated rings. The summed E-state index contributed by atoms with van der Waals surface area (Å²) in [5, 5.41) is 5.74. The second-order valence-corrected chi connectivity index (χ2v) is 18.4. The first-order chi connectivity index (χ1) is 25.5. The van der Waals surface area contributed by atoms with Gasteiger partial charge in [0.25, 0.3) is 0 Å². The minimum absolute atomic E-state index is 0.0140. The smallest absolute Gasteiger partial charge is 0.303 e. The first kappa shape index (κ1) is 39.1. The molecular formula is C40H46FN5O6S2. The predicted octanol–water partition coefficient (Wildman–Crippen LogP) is 7.16. The summed E-state index contributed by atoms with van der Waals surface area (Å²) in [5.41, 5.74) is 2.34. The van der Waals surface area contributed by atoms with E-state index in [0.29, 0.717) is 59.0 Å². The molecule has 11 nitrogen and oxygen atoms in total. The number of sulfone groups is 1. The van der Waals surface area contributed by atoms with E-state index in [9.17, 15) is 18.0 Å². The third-order valence-electron chi connectivity index (χ3n) is 9.94. The molecule has 0 saturated carbocycles. The zero-order chi connectivity index (χ0) is 38.8. The van der Waals surface area contributed by atoms with E-state index in [2.05, 4.69) is 16.9 Å². The van der Waals surface area contributed by atoms with E-state index < -0.39 is 44.5 Å². The normalized spacial score (nSPS) is 19.2. The lowest BCUT2D eigenvalue weighted by atomic mass is 9.75. The molecule has 286 valence electrons. The van der Waals surface area contributed by atoms with Gasteiger partial charge in [-0.25, -0.2) is 22.5 Å². The molecule has 6 rings (SSSR count). The van der Waals surface area contributed by atoms with Gasteiger partial charge in [-0.2, -0.15) is 5.10 Å². The Hall–Kier alpha value is -4.56. The molecule has 54 heavy (non-hydrogen) atoms. The number of ether oxygens (including phenoxy) is 2. The van der Waals surface area contributed by atoms with E-state index in [1.165, 1.54) is 31.7 Å². The van der Waals surface area contributed by atoms with Crippen molar-refractivity contribution in [2.75, 3.05) is 18.1 Å². The number of fused-ring (bicyclic) bond motifs is 8. The third-order valence-corrected chi connectivity index (χ3v) is 13.1. The van der Waals surface area contributed by atoms with Crippen molar-refractivity contribution in [1.82, 2.24) is 24.7 Å². The number of nitrogens with one attached hydrogen (secondary N) is 1. The molecule has 14 heteroatoms. The molecule has 0 saturated heterocycles. The maximum atomic E-state index is 15.8. The van der Waals surface area contributed by atoms with Crippen LogP contribution in [0.2, 0.25) is 0 Å². The van der Waals surface area contributed by atoms with Crippen molar-refractivity contribution >= 4 is 44.4 Å². The number of pyridine rings is 1. The van der Waals surface area contributed by atoms with Gasteiger partial charge in [-0.3, -0.25) is 14.6 Å². The number of aromatic amines is 1. The van der Waals surface area contributed by atoms with Crippen LogP contribution in [0.15, 0.2) is 70.7 Å². The molecule has 0 radical (unpaired) electrons. The number of aromatic nitrogens is 5. The number of hydrogen-bond acceptors (Lipinski definition) is 10. The summed E-state index contributed by atoms with van der Waals surface area (Å²) in [6, 6.07) is 14.9. The van der Waals surface area contributed by atoms with Crippen LogP contribution in [0.1, 0.15) is 76.4 Å². The third kappa shape index (κ3) is 9.03. The molecule has 2 aromatic carbocycles. The molecule has 4 heterocycles. The molecule has 1 aliphatic heterocycles. The summed E-state index contributed by atoms with van der Waals surface area (Å²) >= 11 is 1.24. The van der Waals surface area contributed by atoms with Crippen molar-refractivity contribution in [3.63, 3.8) is 0 Å². The van der Waals surface area contributed by atoms with Crippen LogP contribution < -0.4 is 0 Å². The van der Waals surface area contributed by atoms with E-state index in [1.807, 2.05) is 57.3 Å². The predicted molar refractivity (Wildman–Crippen MR) is 205 cm³/mol. The fourth-order valence-corrected chi connectivity index (χ4v) is 10.3. The Morgan fingerprint density at radius 3 is 2.63 bits per heavy atom. The number of nitrogens with zero attached hydrogens (tertiary/aromatic N) is 4. The van der Waals surface area contributed by atoms with Crippen LogP contribution in [0.5, 0.6) is 0 Å². The highest BCUT2D eigenvalue weighted by Crippen LogP contribution is 2.41. The average Bonchev–Trinajstić information content (AvgIpc) is 3.72. The number of aryl methyl sites for hydroxylation is 2. The van der Waals surface area contributed by atoms with Gasteiger partial charge in [0.2, 0.25) is 0 Å². The number of rotatable bonds is 6. The topological polar surface area (TPSA) is 146 Å². The summed E-state index contributed by atoms with van der Waals surface area (Å²) in [5.74, 6) is -0.389. The van der Waals surface area contributed by atoms with Gasteiger partial charge in [0.05, 0.1) is 21.8 Å². The fraction of sp³-hybridized carbons (Fsp3) is 0.425. The van der Waals surface area contributed by atoms with Gasteiger partial charge in [-0.05, 0) is 72.6 Å². The number of carbonyl (C=O) groups is 2. The van der Waals surface area contributed by atoms with Crippen molar-refractivity contribution in [1.29, 1.82) is 0 Å². The standard InChI is InChI=1S/C40H46FN5O6S2/c1-25(47)51-23-29(52-26(2)48)20-27-9-7-10-28(19-27)40(5)15-8-14-39(3,4)24-54(49,50)18-13-32-31-12-17-42-34(31)22-33(41)36(32)53-30-11-16-43-35(21-30)37-44-38(40)45-46(37)6/h7,9-12,16-17,19,21-22,29,42H,8,13-15,18,20,23-24H2,1-6H3/t29-,40+/m0/s1. The molecule has 0 aliphatic carbocycles. The molecule has 3 aromatic heterocycles. The summed E-state index contributed by atoms with van der Waals surface area (Å²) < 4.78 is 55.7.